The Labute approximate surface area is 124 Å². The number of carboxylic acids is 1. The lowest BCUT2D eigenvalue weighted by Gasteiger charge is -1.96. The molecule has 0 radical (unpaired) electrons. The van der Waals surface area contributed by atoms with Crippen molar-refractivity contribution in [1.29, 1.82) is 0 Å². The van der Waals surface area contributed by atoms with E-state index in [1.165, 1.54) is 11.3 Å². The first-order valence-corrected chi connectivity index (χ1v) is 7.02. The molecule has 0 unspecified atom stereocenters. The van der Waals surface area contributed by atoms with Crippen molar-refractivity contribution in [2.45, 2.75) is 0 Å². The fourth-order valence-electron chi connectivity index (χ4n) is 1.79. The van der Waals surface area contributed by atoms with E-state index in [0.717, 1.165) is 20.9 Å². The normalized spacial score (nSPS) is 11.0. The van der Waals surface area contributed by atoms with E-state index in [2.05, 4.69) is 15.5 Å². The first-order valence-electron chi connectivity index (χ1n) is 6.20. The maximum atomic E-state index is 10.7. The van der Waals surface area contributed by atoms with Crippen molar-refractivity contribution >= 4 is 38.9 Å². The van der Waals surface area contributed by atoms with Gasteiger partial charge in [0.2, 0.25) is 5.13 Å². The number of aromatic carboxylic acids is 1. The lowest BCUT2D eigenvalue weighted by Crippen LogP contribution is -1.96. The maximum Gasteiger partial charge on any atom is 0.335 e. The summed E-state index contributed by atoms with van der Waals surface area (Å²) in [6.07, 6.45) is 1.62. The fraction of sp³-hybridized carbons (Fsp3) is 0. The number of thiazole rings is 1. The molecule has 0 spiro atoms. The van der Waals surface area contributed by atoms with E-state index >= 15 is 0 Å². The highest BCUT2D eigenvalue weighted by Gasteiger charge is 2.02. The summed E-state index contributed by atoms with van der Waals surface area (Å²) in [6.45, 7) is 0. The lowest BCUT2D eigenvalue weighted by atomic mass is 10.1. The van der Waals surface area contributed by atoms with Gasteiger partial charge in [0, 0.05) is 0 Å². The van der Waals surface area contributed by atoms with Gasteiger partial charge in [0.1, 0.15) is 0 Å². The molecular formula is C15H11N3O2S. The molecule has 0 aliphatic rings. The predicted molar refractivity (Wildman–Crippen MR) is 84.2 cm³/mol. The Morgan fingerprint density at radius 3 is 2.67 bits per heavy atom. The largest absolute Gasteiger partial charge is 0.478 e. The van der Waals surface area contributed by atoms with Gasteiger partial charge < -0.3 is 5.11 Å². The van der Waals surface area contributed by atoms with E-state index in [4.69, 9.17) is 5.11 Å². The van der Waals surface area contributed by atoms with E-state index in [1.807, 2.05) is 24.3 Å². The third kappa shape index (κ3) is 3.06. The zero-order valence-corrected chi connectivity index (χ0v) is 11.7. The summed E-state index contributed by atoms with van der Waals surface area (Å²) in [5, 5.41) is 13.6. The van der Waals surface area contributed by atoms with Crippen molar-refractivity contribution < 1.29 is 9.90 Å². The van der Waals surface area contributed by atoms with Crippen molar-refractivity contribution in [3.05, 3.63) is 59.7 Å². The van der Waals surface area contributed by atoms with Gasteiger partial charge in [0.15, 0.2) is 0 Å². The molecule has 1 aromatic heterocycles. The summed E-state index contributed by atoms with van der Waals surface area (Å²) in [5.74, 6) is -0.939. The van der Waals surface area contributed by atoms with E-state index in [1.54, 1.807) is 30.5 Å². The minimum atomic E-state index is -0.939. The van der Waals surface area contributed by atoms with E-state index < -0.39 is 5.97 Å². The van der Waals surface area contributed by atoms with Crippen LogP contribution in [0.4, 0.5) is 5.13 Å². The molecule has 3 aromatic rings. The van der Waals surface area contributed by atoms with Gasteiger partial charge in [-0.25, -0.2) is 9.78 Å². The summed E-state index contributed by atoms with van der Waals surface area (Å²) in [4.78, 5) is 15.1. The van der Waals surface area contributed by atoms with Crippen LogP contribution < -0.4 is 5.43 Å². The Balaban J connectivity index is 1.70. The predicted octanol–water partition coefficient (Wildman–Crippen LogP) is 3.44. The van der Waals surface area contributed by atoms with Crippen LogP contribution in [0.3, 0.4) is 0 Å². The van der Waals surface area contributed by atoms with E-state index in [0.29, 0.717) is 0 Å². The Kier molecular flexibility index (Phi) is 3.61. The fourth-order valence-corrected chi connectivity index (χ4v) is 2.61. The molecule has 5 nitrogen and oxygen atoms in total. The number of rotatable bonds is 4. The molecule has 0 aliphatic carbocycles. The standard InChI is InChI=1S/C15H11N3O2S/c19-14(20)11-7-5-10(6-8-11)9-16-18-15-17-12-3-1-2-4-13(12)21-15/h1-9H,(H,17,18)(H,19,20)/b16-9+. The SMILES string of the molecule is O=C(O)c1ccc(/C=N/Nc2nc3ccccc3s2)cc1. The molecule has 21 heavy (non-hydrogen) atoms. The summed E-state index contributed by atoms with van der Waals surface area (Å²) < 4.78 is 1.10. The first kappa shape index (κ1) is 13.3. The number of benzene rings is 2. The van der Waals surface area contributed by atoms with Crippen LogP contribution in [0.15, 0.2) is 53.6 Å². The van der Waals surface area contributed by atoms with Crippen molar-refractivity contribution in [3.63, 3.8) is 0 Å². The Bertz CT molecular complexity index is 776. The Morgan fingerprint density at radius 2 is 1.95 bits per heavy atom. The van der Waals surface area contributed by atoms with Crippen LogP contribution in [-0.4, -0.2) is 22.3 Å². The summed E-state index contributed by atoms with van der Waals surface area (Å²) >= 11 is 1.53. The average molecular weight is 297 g/mol. The second kappa shape index (κ2) is 5.72. The van der Waals surface area contributed by atoms with Gasteiger partial charge in [-0.15, -0.1) is 0 Å². The quantitative estimate of drug-likeness (QED) is 0.571. The highest BCUT2D eigenvalue weighted by molar-refractivity contribution is 7.22. The molecular weight excluding hydrogens is 286 g/mol. The monoisotopic (exact) mass is 297 g/mol. The number of aromatic nitrogens is 1. The van der Waals surface area contributed by atoms with Crippen molar-refractivity contribution in [2.24, 2.45) is 5.10 Å². The molecule has 0 saturated carbocycles. The van der Waals surface area contributed by atoms with Crippen LogP contribution >= 0.6 is 11.3 Å². The smallest absolute Gasteiger partial charge is 0.335 e. The number of nitrogens with zero attached hydrogens (tertiary/aromatic N) is 2. The van der Waals surface area contributed by atoms with Crippen molar-refractivity contribution in [1.82, 2.24) is 4.98 Å². The molecule has 0 amide bonds. The van der Waals surface area contributed by atoms with Crippen LogP contribution in [0.25, 0.3) is 10.2 Å². The highest BCUT2D eigenvalue weighted by Crippen LogP contribution is 2.25. The molecule has 104 valence electrons. The van der Waals surface area contributed by atoms with Crippen LogP contribution in [0.5, 0.6) is 0 Å². The number of fused-ring (bicyclic) bond motifs is 1. The number of hydrogen-bond acceptors (Lipinski definition) is 5. The summed E-state index contributed by atoms with van der Waals surface area (Å²) in [7, 11) is 0. The first-order chi connectivity index (χ1) is 10.2. The molecule has 0 atom stereocenters. The lowest BCUT2D eigenvalue weighted by molar-refractivity contribution is 0.0697. The maximum absolute atomic E-state index is 10.7. The number of hydrazone groups is 1. The molecule has 0 aliphatic heterocycles. The molecule has 2 N–H and O–H groups in total. The summed E-state index contributed by atoms with van der Waals surface area (Å²) in [6, 6.07) is 14.4. The zero-order chi connectivity index (χ0) is 14.7. The number of hydrogen-bond donors (Lipinski definition) is 2. The van der Waals surface area contributed by atoms with Gasteiger partial charge >= 0.3 is 5.97 Å². The van der Waals surface area contributed by atoms with Crippen LogP contribution in [0.1, 0.15) is 15.9 Å². The number of nitrogens with one attached hydrogen (secondary N) is 1. The van der Waals surface area contributed by atoms with E-state index in [9.17, 15) is 4.79 Å². The molecule has 1 heterocycles. The third-order valence-electron chi connectivity index (χ3n) is 2.83. The van der Waals surface area contributed by atoms with Crippen molar-refractivity contribution in [3.8, 4) is 0 Å². The van der Waals surface area contributed by atoms with Gasteiger partial charge in [0.25, 0.3) is 0 Å². The molecule has 3 rings (SSSR count). The van der Waals surface area contributed by atoms with Gasteiger partial charge in [-0.3, -0.25) is 5.43 Å². The minimum Gasteiger partial charge on any atom is -0.478 e. The molecule has 0 saturated heterocycles. The molecule has 0 bridgehead atoms. The zero-order valence-electron chi connectivity index (χ0n) is 10.9. The highest BCUT2D eigenvalue weighted by atomic mass is 32.1. The van der Waals surface area contributed by atoms with Crippen LogP contribution in [0, 0.1) is 0 Å². The number of anilines is 1. The molecule has 0 fully saturated rings. The van der Waals surface area contributed by atoms with Crippen LogP contribution in [0.2, 0.25) is 0 Å². The van der Waals surface area contributed by atoms with Gasteiger partial charge in [-0.1, -0.05) is 35.6 Å². The average Bonchev–Trinajstić information content (AvgIpc) is 2.90. The number of carboxylic acid groups (broad SMARTS) is 1. The summed E-state index contributed by atoms with van der Waals surface area (Å²) in [5.41, 5.74) is 4.89. The van der Waals surface area contributed by atoms with E-state index in [-0.39, 0.29) is 5.56 Å². The number of para-hydroxylation sites is 1. The number of carbonyl (C=O) groups is 1. The Hall–Kier alpha value is -2.73. The van der Waals surface area contributed by atoms with Crippen molar-refractivity contribution in [2.75, 3.05) is 5.43 Å². The van der Waals surface area contributed by atoms with Crippen LogP contribution in [-0.2, 0) is 0 Å². The van der Waals surface area contributed by atoms with Gasteiger partial charge in [-0.05, 0) is 29.8 Å². The second-order valence-electron chi connectivity index (χ2n) is 4.28. The minimum absolute atomic E-state index is 0.256. The topological polar surface area (TPSA) is 74.6 Å². The second-order valence-corrected chi connectivity index (χ2v) is 5.31. The molecule has 6 heteroatoms. The Morgan fingerprint density at radius 1 is 1.19 bits per heavy atom. The molecule has 2 aromatic carbocycles. The third-order valence-corrected chi connectivity index (χ3v) is 3.77. The van der Waals surface area contributed by atoms with Gasteiger partial charge in [0.05, 0.1) is 22.0 Å². The van der Waals surface area contributed by atoms with Gasteiger partial charge in [-0.2, -0.15) is 5.10 Å².